The molecular formula is C6H12FIO3S. The fourth-order valence-electron chi connectivity index (χ4n) is 0.501. The number of rotatable bonds is 9. The number of alkyl halides is 1. The van der Waals surface area contributed by atoms with Crippen LogP contribution in [0.1, 0.15) is 0 Å². The third-order valence-corrected chi connectivity index (χ3v) is 1.97. The first kappa shape index (κ1) is 12.9. The van der Waals surface area contributed by atoms with E-state index in [-0.39, 0.29) is 6.61 Å². The zero-order chi connectivity index (χ0) is 9.07. The minimum Gasteiger partial charge on any atom is -0.377 e. The van der Waals surface area contributed by atoms with Crippen molar-refractivity contribution in [2.24, 2.45) is 0 Å². The molecule has 0 aliphatic carbocycles. The van der Waals surface area contributed by atoms with Gasteiger partial charge in [-0.2, -0.15) is 0 Å². The molecule has 0 amide bonds. The fraction of sp³-hybridized carbons (Fsp3) is 1.00. The van der Waals surface area contributed by atoms with E-state index >= 15 is 0 Å². The maximum Gasteiger partial charge on any atom is 0.113 e. The van der Waals surface area contributed by atoms with Crippen molar-refractivity contribution >= 4 is 30.4 Å². The summed E-state index contributed by atoms with van der Waals surface area (Å²) in [6.45, 7) is 1.78. The van der Waals surface area contributed by atoms with E-state index in [9.17, 15) is 4.39 Å². The Labute approximate surface area is 88.1 Å². The minimum absolute atomic E-state index is 0.156. The zero-order valence-corrected chi connectivity index (χ0v) is 9.61. The van der Waals surface area contributed by atoms with Gasteiger partial charge < -0.3 is 13.7 Å². The van der Waals surface area contributed by atoms with Crippen molar-refractivity contribution in [3.63, 3.8) is 0 Å². The Morgan fingerprint density at radius 3 is 2.17 bits per heavy atom. The van der Waals surface area contributed by atoms with Crippen LogP contribution in [0.15, 0.2) is 0 Å². The third-order valence-electron chi connectivity index (χ3n) is 0.949. The van der Waals surface area contributed by atoms with Crippen molar-refractivity contribution in [1.29, 1.82) is 0 Å². The Balaban J connectivity index is 2.73. The van der Waals surface area contributed by atoms with E-state index in [1.807, 2.05) is 21.2 Å². The number of hydrogen-bond donors (Lipinski definition) is 0. The number of halogens is 2. The van der Waals surface area contributed by atoms with E-state index in [1.54, 1.807) is 0 Å². The molecule has 0 bridgehead atoms. The summed E-state index contributed by atoms with van der Waals surface area (Å²) < 4.78 is 26.4. The highest BCUT2D eigenvalue weighted by molar-refractivity contribution is 14.2. The van der Waals surface area contributed by atoms with Gasteiger partial charge in [0.15, 0.2) is 0 Å². The van der Waals surface area contributed by atoms with Crippen LogP contribution in [0.5, 0.6) is 0 Å². The van der Waals surface area contributed by atoms with Gasteiger partial charge in [0.25, 0.3) is 0 Å². The predicted molar refractivity (Wildman–Crippen MR) is 55.2 cm³/mol. The topological polar surface area (TPSA) is 27.7 Å². The standard InChI is InChI=1S/C6H12FIO3S/c7-1-2-9-3-4-10-5-6-11-12-8/h1-6H2. The summed E-state index contributed by atoms with van der Waals surface area (Å²) in [4.78, 5) is 0. The van der Waals surface area contributed by atoms with E-state index in [4.69, 9.17) is 13.7 Å². The molecule has 0 saturated carbocycles. The highest BCUT2D eigenvalue weighted by Crippen LogP contribution is 2.10. The molecule has 0 fully saturated rings. The van der Waals surface area contributed by atoms with Crippen LogP contribution in [0.25, 0.3) is 0 Å². The summed E-state index contributed by atoms with van der Waals surface area (Å²) in [6, 6.07) is 0. The van der Waals surface area contributed by atoms with Gasteiger partial charge in [-0.3, -0.25) is 0 Å². The second kappa shape index (κ2) is 11.9. The summed E-state index contributed by atoms with van der Waals surface area (Å²) in [5.41, 5.74) is 0. The molecule has 0 aromatic heterocycles. The maximum absolute atomic E-state index is 11.5. The van der Waals surface area contributed by atoms with Gasteiger partial charge in [-0.25, -0.2) is 4.39 Å². The Morgan fingerprint density at radius 2 is 1.58 bits per heavy atom. The maximum atomic E-state index is 11.5. The molecule has 0 spiro atoms. The van der Waals surface area contributed by atoms with Crippen LogP contribution >= 0.6 is 30.4 Å². The third kappa shape index (κ3) is 10.9. The highest BCUT2D eigenvalue weighted by Gasteiger charge is 1.89. The van der Waals surface area contributed by atoms with Gasteiger partial charge in [0.1, 0.15) is 6.67 Å². The number of hydrogen-bond acceptors (Lipinski definition) is 4. The Morgan fingerprint density at radius 1 is 1.00 bits per heavy atom. The molecule has 0 unspecified atom stereocenters. The van der Waals surface area contributed by atoms with Crippen LogP contribution in [0.4, 0.5) is 4.39 Å². The summed E-state index contributed by atoms with van der Waals surface area (Å²) in [7, 11) is 1.28. The predicted octanol–water partition coefficient (Wildman–Crippen LogP) is 2.00. The molecule has 0 radical (unpaired) electrons. The SMILES string of the molecule is FCCOCCOCCOSI. The van der Waals surface area contributed by atoms with Gasteiger partial charge >= 0.3 is 0 Å². The number of ether oxygens (including phenoxy) is 2. The lowest BCUT2D eigenvalue weighted by Gasteiger charge is -2.03. The largest absolute Gasteiger partial charge is 0.377 e. The van der Waals surface area contributed by atoms with Gasteiger partial charge in [0.2, 0.25) is 0 Å². The highest BCUT2D eigenvalue weighted by atomic mass is 127. The molecule has 0 aliphatic rings. The van der Waals surface area contributed by atoms with Crippen LogP contribution < -0.4 is 0 Å². The summed E-state index contributed by atoms with van der Waals surface area (Å²) in [6.07, 6.45) is 0. The average Bonchev–Trinajstić information content (AvgIpc) is 2.10. The van der Waals surface area contributed by atoms with Crippen molar-refractivity contribution in [2.45, 2.75) is 0 Å². The molecule has 6 heteroatoms. The zero-order valence-electron chi connectivity index (χ0n) is 6.63. The van der Waals surface area contributed by atoms with E-state index in [0.717, 1.165) is 0 Å². The van der Waals surface area contributed by atoms with E-state index < -0.39 is 6.67 Å². The lowest BCUT2D eigenvalue weighted by atomic mass is 10.7. The van der Waals surface area contributed by atoms with Crippen LogP contribution in [0.3, 0.4) is 0 Å². The summed E-state index contributed by atoms with van der Waals surface area (Å²) >= 11 is 2.04. The van der Waals surface area contributed by atoms with Gasteiger partial charge in [-0.1, -0.05) is 0 Å². The van der Waals surface area contributed by atoms with Crippen molar-refractivity contribution in [2.75, 3.05) is 39.7 Å². The van der Waals surface area contributed by atoms with Crippen molar-refractivity contribution in [3.8, 4) is 0 Å². The van der Waals surface area contributed by atoms with E-state index in [0.29, 0.717) is 26.4 Å². The second-order valence-corrected chi connectivity index (χ2v) is 3.24. The van der Waals surface area contributed by atoms with E-state index in [1.165, 1.54) is 9.21 Å². The lowest BCUT2D eigenvalue weighted by Crippen LogP contribution is -2.08. The quantitative estimate of drug-likeness (QED) is 0.370. The fourth-order valence-corrected chi connectivity index (χ4v) is 1.17. The summed E-state index contributed by atoms with van der Waals surface area (Å²) in [5, 5.41) is 0. The van der Waals surface area contributed by atoms with E-state index in [2.05, 4.69) is 0 Å². The van der Waals surface area contributed by atoms with Gasteiger partial charge in [-0.05, 0) is 0 Å². The first-order valence-electron chi connectivity index (χ1n) is 3.53. The smallest absolute Gasteiger partial charge is 0.113 e. The lowest BCUT2D eigenvalue weighted by molar-refractivity contribution is 0.0347. The van der Waals surface area contributed by atoms with Gasteiger partial charge in [-0.15, -0.1) is 0 Å². The second-order valence-electron chi connectivity index (χ2n) is 1.80. The molecular weight excluding hydrogens is 298 g/mol. The monoisotopic (exact) mass is 310 g/mol. The van der Waals surface area contributed by atoms with Crippen LogP contribution in [-0.2, 0) is 13.7 Å². The summed E-state index contributed by atoms with van der Waals surface area (Å²) in [5.74, 6) is 0. The molecule has 0 aromatic rings. The molecule has 0 aliphatic heterocycles. The molecule has 74 valence electrons. The first-order valence-corrected chi connectivity index (χ1v) is 6.82. The molecule has 3 nitrogen and oxygen atoms in total. The van der Waals surface area contributed by atoms with Crippen molar-refractivity contribution in [1.82, 2.24) is 0 Å². The Kier molecular flexibility index (Phi) is 12.8. The Hall–Kier alpha value is 0.890. The average molecular weight is 310 g/mol. The first-order chi connectivity index (χ1) is 5.91. The Bertz CT molecular complexity index is 79.2. The molecule has 0 saturated heterocycles. The van der Waals surface area contributed by atoms with Crippen molar-refractivity contribution < 1.29 is 18.0 Å². The molecule has 12 heavy (non-hydrogen) atoms. The molecule has 0 aromatic carbocycles. The van der Waals surface area contributed by atoms with Crippen LogP contribution in [0, 0.1) is 0 Å². The molecule has 0 rings (SSSR count). The van der Waals surface area contributed by atoms with Gasteiger partial charge in [0.05, 0.1) is 42.2 Å². The van der Waals surface area contributed by atoms with Crippen LogP contribution in [0.2, 0.25) is 0 Å². The normalized spacial score (nSPS) is 10.5. The minimum atomic E-state index is -0.436. The van der Waals surface area contributed by atoms with Crippen molar-refractivity contribution in [3.05, 3.63) is 0 Å². The van der Waals surface area contributed by atoms with Gasteiger partial charge in [0, 0.05) is 21.2 Å². The molecule has 0 heterocycles. The van der Waals surface area contributed by atoms with Crippen LogP contribution in [-0.4, -0.2) is 39.7 Å². The molecule has 0 N–H and O–H groups in total. The molecule has 0 atom stereocenters.